The smallest absolute Gasteiger partial charge is 0.0723 e. The van der Waals surface area contributed by atoms with E-state index < -0.39 is 0 Å². The maximum Gasteiger partial charge on any atom is 0.0723 e. The Balaban J connectivity index is 1.12. The summed E-state index contributed by atoms with van der Waals surface area (Å²) in [5, 5.41) is 7.41. The van der Waals surface area contributed by atoms with Gasteiger partial charge in [-0.05, 0) is 101 Å². The van der Waals surface area contributed by atoms with E-state index in [-0.39, 0.29) is 0 Å². The first-order valence-electron chi connectivity index (χ1n) is 18.9. The molecular formula is C53H34N2. The molecule has 0 saturated heterocycles. The van der Waals surface area contributed by atoms with E-state index in [0.717, 1.165) is 27.8 Å². The van der Waals surface area contributed by atoms with Gasteiger partial charge in [-0.25, -0.2) is 0 Å². The molecule has 0 unspecified atom stereocenters. The molecule has 0 radical (unpaired) electrons. The van der Waals surface area contributed by atoms with Gasteiger partial charge in [-0.1, -0.05) is 170 Å². The fourth-order valence-electron chi connectivity index (χ4n) is 8.93. The first-order valence-corrected chi connectivity index (χ1v) is 18.9. The number of anilines is 3. The molecule has 1 heterocycles. The standard InChI is InChI=1S/C53H34N2/c1-4-15-36(16-5-1)49-44-23-12-13-24-45(44)50(37-17-6-2-7-18-37)53-47-32-31-41(43-25-14-26-46(51(43)47)52(49)53)35-27-29-40(30-28-35)55(39-20-8-3-9-21-39)48-34-54-33-38-19-10-11-22-42(38)48/h1-34H. The molecule has 0 bridgehead atoms. The van der Waals surface area contributed by atoms with Gasteiger partial charge < -0.3 is 4.90 Å². The zero-order chi connectivity index (χ0) is 36.3. The molecule has 0 fully saturated rings. The Morgan fingerprint density at radius 3 is 1.47 bits per heavy atom. The fourth-order valence-corrected chi connectivity index (χ4v) is 8.93. The molecule has 1 aliphatic rings. The van der Waals surface area contributed by atoms with Crippen LogP contribution in [0.2, 0.25) is 0 Å². The first-order chi connectivity index (χ1) is 27.3. The second-order valence-corrected chi connectivity index (χ2v) is 14.3. The maximum absolute atomic E-state index is 4.65. The predicted octanol–water partition coefficient (Wildman–Crippen LogP) is 14.7. The SMILES string of the molecule is c1ccc(-c2c3c(c(-c4ccccc4)c4ccccc24)-c2ccc(-c4ccc(N(c5ccccc5)c5cncc6ccccc56)cc4)c4cccc-3c24)cc1. The van der Waals surface area contributed by atoms with E-state index in [1.165, 1.54) is 77.2 Å². The van der Waals surface area contributed by atoms with Gasteiger partial charge in [0.05, 0.1) is 11.9 Å². The third-order valence-corrected chi connectivity index (χ3v) is 11.3. The third-order valence-electron chi connectivity index (χ3n) is 11.3. The molecule has 0 amide bonds. The van der Waals surface area contributed by atoms with Crippen molar-refractivity contribution in [3.63, 3.8) is 0 Å². The first kappa shape index (κ1) is 31.3. The molecule has 10 aromatic rings. The van der Waals surface area contributed by atoms with Crippen LogP contribution in [0, 0.1) is 0 Å². The Hall–Kier alpha value is -7.29. The molecule has 9 aromatic carbocycles. The Morgan fingerprint density at radius 1 is 0.309 bits per heavy atom. The van der Waals surface area contributed by atoms with Crippen molar-refractivity contribution in [1.82, 2.24) is 4.98 Å². The van der Waals surface area contributed by atoms with Gasteiger partial charge in [-0.3, -0.25) is 4.98 Å². The minimum absolute atomic E-state index is 1.05. The third kappa shape index (κ3) is 4.92. The Labute approximate surface area is 320 Å². The lowest BCUT2D eigenvalue weighted by Crippen LogP contribution is -2.10. The minimum atomic E-state index is 1.05. The molecule has 0 spiro atoms. The van der Waals surface area contributed by atoms with Gasteiger partial charge in [0.25, 0.3) is 0 Å². The van der Waals surface area contributed by atoms with Gasteiger partial charge in [-0.15, -0.1) is 0 Å². The highest BCUT2D eigenvalue weighted by Gasteiger charge is 2.31. The van der Waals surface area contributed by atoms with Gasteiger partial charge >= 0.3 is 0 Å². The second kappa shape index (κ2) is 12.7. The van der Waals surface area contributed by atoms with Crippen LogP contribution in [0.15, 0.2) is 207 Å². The predicted molar refractivity (Wildman–Crippen MR) is 232 cm³/mol. The van der Waals surface area contributed by atoms with Gasteiger partial charge in [0, 0.05) is 28.3 Å². The van der Waals surface area contributed by atoms with Crippen molar-refractivity contribution in [2.45, 2.75) is 0 Å². The summed E-state index contributed by atoms with van der Waals surface area (Å²) in [4.78, 5) is 6.96. The average molecular weight is 699 g/mol. The van der Waals surface area contributed by atoms with E-state index in [1.807, 2.05) is 12.4 Å². The maximum atomic E-state index is 4.65. The van der Waals surface area contributed by atoms with Crippen LogP contribution < -0.4 is 4.90 Å². The monoisotopic (exact) mass is 698 g/mol. The van der Waals surface area contributed by atoms with E-state index in [0.29, 0.717) is 0 Å². The number of fused-ring (bicyclic) bond motifs is 5. The lowest BCUT2D eigenvalue weighted by atomic mass is 9.82. The van der Waals surface area contributed by atoms with Crippen molar-refractivity contribution < 1.29 is 0 Å². The summed E-state index contributed by atoms with van der Waals surface area (Å²) in [5.74, 6) is 0. The molecule has 256 valence electrons. The molecule has 55 heavy (non-hydrogen) atoms. The van der Waals surface area contributed by atoms with Crippen molar-refractivity contribution in [2.24, 2.45) is 0 Å². The molecule has 2 nitrogen and oxygen atoms in total. The molecule has 11 rings (SSSR count). The van der Waals surface area contributed by atoms with Crippen molar-refractivity contribution in [3.05, 3.63) is 207 Å². The van der Waals surface area contributed by atoms with Gasteiger partial charge in [0.2, 0.25) is 0 Å². The number of nitrogens with zero attached hydrogens (tertiary/aromatic N) is 2. The van der Waals surface area contributed by atoms with E-state index in [9.17, 15) is 0 Å². The second-order valence-electron chi connectivity index (χ2n) is 14.3. The van der Waals surface area contributed by atoms with Gasteiger partial charge in [-0.2, -0.15) is 0 Å². The summed E-state index contributed by atoms with van der Waals surface area (Å²) in [5.41, 5.74) is 15.9. The topological polar surface area (TPSA) is 16.1 Å². The van der Waals surface area contributed by atoms with Crippen molar-refractivity contribution in [3.8, 4) is 55.6 Å². The van der Waals surface area contributed by atoms with Crippen LogP contribution in [-0.4, -0.2) is 4.98 Å². The van der Waals surface area contributed by atoms with Crippen LogP contribution in [-0.2, 0) is 0 Å². The van der Waals surface area contributed by atoms with Crippen LogP contribution in [0.25, 0.3) is 88.0 Å². The molecule has 2 heteroatoms. The van der Waals surface area contributed by atoms with Crippen molar-refractivity contribution in [1.29, 1.82) is 0 Å². The number of aromatic nitrogens is 1. The number of rotatable bonds is 6. The average Bonchev–Trinajstić information content (AvgIpc) is 3.59. The Morgan fingerprint density at radius 2 is 0.818 bits per heavy atom. The van der Waals surface area contributed by atoms with Gasteiger partial charge in [0.15, 0.2) is 0 Å². The number of pyridine rings is 1. The minimum Gasteiger partial charge on any atom is -0.308 e. The van der Waals surface area contributed by atoms with Crippen LogP contribution in [0.5, 0.6) is 0 Å². The van der Waals surface area contributed by atoms with Crippen LogP contribution >= 0.6 is 0 Å². The molecule has 0 aliphatic heterocycles. The summed E-state index contributed by atoms with van der Waals surface area (Å²) in [6.07, 6.45) is 3.91. The molecule has 0 atom stereocenters. The molecular weight excluding hydrogens is 665 g/mol. The molecule has 0 N–H and O–H groups in total. The largest absolute Gasteiger partial charge is 0.308 e. The zero-order valence-corrected chi connectivity index (χ0v) is 30.0. The summed E-state index contributed by atoms with van der Waals surface area (Å²) < 4.78 is 0. The number of hydrogen-bond donors (Lipinski definition) is 0. The summed E-state index contributed by atoms with van der Waals surface area (Å²) in [7, 11) is 0. The molecule has 0 saturated carbocycles. The highest BCUT2D eigenvalue weighted by Crippen LogP contribution is 2.58. The number of benzene rings is 9. The normalized spacial score (nSPS) is 11.6. The highest BCUT2D eigenvalue weighted by atomic mass is 15.1. The lowest BCUT2D eigenvalue weighted by molar-refractivity contribution is 1.25. The van der Waals surface area contributed by atoms with Crippen LogP contribution in [0.3, 0.4) is 0 Å². The van der Waals surface area contributed by atoms with Gasteiger partial charge in [0.1, 0.15) is 0 Å². The highest BCUT2D eigenvalue weighted by molar-refractivity contribution is 6.28. The Kier molecular flexibility index (Phi) is 7.21. The fraction of sp³-hybridized carbons (Fsp3) is 0. The van der Waals surface area contributed by atoms with Crippen LogP contribution in [0.1, 0.15) is 0 Å². The molecule has 1 aliphatic carbocycles. The summed E-state index contributed by atoms with van der Waals surface area (Å²) in [6.45, 7) is 0. The Bertz CT molecular complexity index is 2960. The number of hydrogen-bond acceptors (Lipinski definition) is 2. The van der Waals surface area contributed by atoms with E-state index in [4.69, 9.17) is 0 Å². The lowest BCUT2D eigenvalue weighted by Gasteiger charge is -2.26. The quantitative estimate of drug-likeness (QED) is 0.172. The van der Waals surface area contributed by atoms with Crippen molar-refractivity contribution >= 4 is 49.4 Å². The summed E-state index contributed by atoms with van der Waals surface area (Å²) in [6, 6.07) is 70.5. The van der Waals surface area contributed by atoms with Crippen molar-refractivity contribution in [2.75, 3.05) is 4.90 Å². The summed E-state index contributed by atoms with van der Waals surface area (Å²) >= 11 is 0. The van der Waals surface area contributed by atoms with Crippen LogP contribution in [0.4, 0.5) is 17.1 Å². The zero-order valence-electron chi connectivity index (χ0n) is 30.0. The van der Waals surface area contributed by atoms with E-state index in [1.54, 1.807) is 0 Å². The van der Waals surface area contributed by atoms with E-state index in [2.05, 4.69) is 204 Å². The van der Waals surface area contributed by atoms with E-state index >= 15 is 0 Å². The molecule has 1 aromatic heterocycles. The number of para-hydroxylation sites is 1.